The summed E-state index contributed by atoms with van der Waals surface area (Å²) in [6, 6.07) is 6.56. The van der Waals surface area contributed by atoms with Crippen molar-refractivity contribution in [2.75, 3.05) is 23.7 Å². The number of anilines is 1. The molecule has 0 aliphatic heterocycles. The van der Waals surface area contributed by atoms with E-state index in [0.29, 0.717) is 10.7 Å². The van der Waals surface area contributed by atoms with E-state index in [4.69, 9.17) is 11.6 Å². The number of sulfonamides is 1. The van der Waals surface area contributed by atoms with Crippen LogP contribution in [0.3, 0.4) is 0 Å². The number of halogens is 1. The van der Waals surface area contributed by atoms with Gasteiger partial charge in [-0.3, -0.25) is 9.10 Å². The van der Waals surface area contributed by atoms with E-state index in [-0.39, 0.29) is 19.0 Å². The molecule has 1 rings (SSSR count). The highest BCUT2D eigenvalue weighted by Crippen LogP contribution is 2.21. The van der Waals surface area contributed by atoms with E-state index in [9.17, 15) is 13.2 Å². The van der Waals surface area contributed by atoms with E-state index in [1.807, 2.05) is 0 Å². The molecule has 1 aromatic rings. The first kappa shape index (κ1) is 14.8. The fraction of sp³-hybridized carbons (Fsp3) is 0.364. The van der Waals surface area contributed by atoms with Crippen molar-refractivity contribution >= 4 is 33.2 Å². The van der Waals surface area contributed by atoms with Crippen LogP contribution in [0, 0.1) is 0 Å². The zero-order chi connectivity index (χ0) is 13.8. The van der Waals surface area contributed by atoms with Gasteiger partial charge in [0.25, 0.3) is 0 Å². The number of carbonyl (C=O) groups excluding carboxylic acids is 1. The van der Waals surface area contributed by atoms with Crippen molar-refractivity contribution in [3.8, 4) is 0 Å². The zero-order valence-corrected chi connectivity index (χ0v) is 11.8. The van der Waals surface area contributed by atoms with Gasteiger partial charge in [-0.15, -0.1) is 0 Å². The number of hydrogen-bond acceptors (Lipinski definition) is 3. The van der Waals surface area contributed by atoms with Gasteiger partial charge in [0, 0.05) is 18.5 Å². The lowest BCUT2D eigenvalue weighted by Gasteiger charge is -2.22. The highest BCUT2D eigenvalue weighted by atomic mass is 35.5. The van der Waals surface area contributed by atoms with Crippen molar-refractivity contribution in [2.45, 2.75) is 6.92 Å². The van der Waals surface area contributed by atoms with Crippen molar-refractivity contribution in [2.24, 2.45) is 0 Å². The van der Waals surface area contributed by atoms with Crippen molar-refractivity contribution in [3.63, 3.8) is 0 Å². The molecular formula is C11H15ClN2O3S. The Kier molecular flexibility index (Phi) is 4.98. The molecule has 0 bridgehead atoms. The Morgan fingerprint density at radius 3 is 2.61 bits per heavy atom. The van der Waals surface area contributed by atoms with Crippen molar-refractivity contribution in [1.82, 2.24) is 5.32 Å². The largest absolute Gasteiger partial charge is 0.355 e. The van der Waals surface area contributed by atoms with E-state index < -0.39 is 10.0 Å². The maximum absolute atomic E-state index is 11.7. The average molecular weight is 291 g/mol. The fourth-order valence-corrected chi connectivity index (χ4v) is 2.56. The maximum atomic E-state index is 11.7. The minimum absolute atomic E-state index is 0.165. The second-order valence-corrected chi connectivity index (χ2v) is 6.14. The van der Waals surface area contributed by atoms with Crippen LogP contribution in [0.5, 0.6) is 0 Å². The normalized spacial score (nSPS) is 11.1. The minimum atomic E-state index is -3.41. The number of amides is 1. The standard InChI is InChI=1S/C11H15ClN2O3S/c1-9(15)13-6-7-14(18(2,16)17)11-5-3-4-10(12)8-11/h3-5,8H,6-7H2,1-2H3,(H,13,15). The van der Waals surface area contributed by atoms with Crippen LogP contribution >= 0.6 is 11.6 Å². The lowest BCUT2D eigenvalue weighted by atomic mass is 10.3. The molecule has 0 spiro atoms. The molecule has 0 aromatic heterocycles. The molecular weight excluding hydrogens is 276 g/mol. The molecule has 5 nitrogen and oxygen atoms in total. The van der Waals surface area contributed by atoms with Gasteiger partial charge < -0.3 is 5.32 Å². The molecule has 1 N–H and O–H groups in total. The van der Waals surface area contributed by atoms with Gasteiger partial charge in [-0.2, -0.15) is 0 Å². The molecule has 100 valence electrons. The second kappa shape index (κ2) is 6.06. The summed E-state index contributed by atoms with van der Waals surface area (Å²) in [5.74, 6) is -0.199. The monoisotopic (exact) mass is 290 g/mol. The van der Waals surface area contributed by atoms with Crippen molar-refractivity contribution < 1.29 is 13.2 Å². The molecule has 7 heteroatoms. The lowest BCUT2D eigenvalue weighted by molar-refractivity contribution is -0.118. The van der Waals surface area contributed by atoms with Crippen LogP contribution in [0.25, 0.3) is 0 Å². The first-order valence-corrected chi connectivity index (χ1v) is 7.51. The summed E-state index contributed by atoms with van der Waals surface area (Å²) < 4.78 is 24.6. The number of hydrogen-bond donors (Lipinski definition) is 1. The van der Waals surface area contributed by atoms with E-state index in [1.165, 1.54) is 11.2 Å². The third kappa shape index (κ3) is 4.54. The Morgan fingerprint density at radius 2 is 2.11 bits per heavy atom. The second-order valence-electron chi connectivity index (χ2n) is 3.80. The van der Waals surface area contributed by atoms with Gasteiger partial charge in [0.05, 0.1) is 18.5 Å². The molecule has 18 heavy (non-hydrogen) atoms. The molecule has 1 amide bonds. The third-order valence-corrected chi connectivity index (χ3v) is 3.61. The van der Waals surface area contributed by atoms with Crippen molar-refractivity contribution in [1.29, 1.82) is 0 Å². The van der Waals surface area contributed by atoms with E-state index in [0.717, 1.165) is 6.26 Å². The molecule has 0 aliphatic rings. The summed E-state index contributed by atoms with van der Waals surface area (Å²) in [6.07, 6.45) is 1.11. The number of carbonyl (C=O) groups is 1. The summed E-state index contributed by atoms with van der Waals surface area (Å²) in [4.78, 5) is 10.8. The van der Waals surface area contributed by atoms with E-state index >= 15 is 0 Å². The summed E-state index contributed by atoms with van der Waals surface area (Å²) in [5.41, 5.74) is 0.482. The molecule has 0 aliphatic carbocycles. The topological polar surface area (TPSA) is 66.5 Å². The van der Waals surface area contributed by atoms with Crippen LogP contribution in [0.4, 0.5) is 5.69 Å². The smallest absolute Gasteiger partial charge is 0.232 e. The highest BCUT2D eigenvalue weighted by Gasteiger charge is 2.17. The van der Waals surface area contributed by atoms with Crippen LogP contribution in [-0.2, 0) is 14.8 Å². The Labute approximate surface area is 112 Å². The predicted octanol–water partition coefficient (Wildman–Crippen LogP) is 1.24. The summed E-state index contributed by atoms with van der Waals surface area (Å²) >= 11 is 5.83. The molecule has 0 radical (unpaired) electrons. The lowest BCUT2D eigenvalue weighted by Crippen LogP contribution is -2.37. The average Bonchev–Trinajstić information content (AvgIpc) is 2.22. The minimum Gasteiger partial charge on any atom is -0.355 e. The van der Waals surface area contributed by atoms with Gasteiger partial charge in [-0.1, -0.05) is 17.7 Å². The summed E-state index contributed by atoms with van der Waals surface area (Å²) in [6.45, 7) is 1.79. The van der Waals surface area contributed by atoms with Crippen LogP contribution < -0.4 is 9.62 Å². The van der Waals surface area contributed by atoms with Crippen LogP contribution in [0.15, 0.2) is 24.3 Å². The predicted molar refractivity (Wildman–Crippen MR) is 72.3 cm³/mol. The molecule has 1 aromatic carbocycles. The Morgan fingerprint density at radius 1 is 1.44 bits per heavy atom. The van der Waals surface area contributed by atoms with Crippen LogP contribution in [-0.4, -0.2) is 33.7 Å². The Balaban J connectivity index is 2.89. The Hall–Kier alpha value is -1.27. The van der Waals surface area contributed by atoms with Gasteiger partial charge in [0.1, 0.15) is 0 Å². The van der Waals surface area contributed by atoms with E-state index in [1.54, 1.807) is 24.3 Å². The highest BCUT2D eigenvalue weighted by molar-refractivity contribution is 7.92. The molecule has 0 saturated heterocycles. The molecule has 0 heterocycles. The molecule has 0 fully saturated rings. The summed E-state index contributed by atoms with van der Waals surface area (Å²) in [7, 11) is -3.41. The first-order chi connectivity index (χ1) is 8.30. The number of rotatable bonds is 5. The number of benzene rings is 1. The molecule has 0 unspecified atom stereocenters. The zero-order valence-electron chi connectivity index (χ0n) is 10.2. The quantitative estimate of drug-likeness (QED) is 0.887. The van der Waals surface area contributed by atoms with Gasteiger partial charge in [0.15, 0.2) is 0 Å². The fourth-order valence-electron chi connectivity index (χ4n) is 1.45. The summed E-state index contributed by atoms with van der Waals surface area (Å²) in [5, 5.41) is 3.01. The third-order valence-electron chi connectivity index (χ3n) is 2.19. The van der Waals surface area contributed by atoms with Gasteiger partial charge in [-0.25, -0.2) is 8.42 Å². The van der Waals surface area contributed by atoms with E-state index in [2.05, 4.69) is 5.32 Å². The number of nitrogens with zero attached hydrogens (tertiary/aromatic N) is 1. The Bertz CT molecular complexity index is 531. The number of nitrogens with one attached hydrogen (secondary N) is 1. The molecule has 0 saturated carbocycles. The van der Waals surface area contributed by atoms with Gasteiger partial charge in [0.2, 0.25) is 15.9 Å². The first-order valence-electron chi connectivity index (χ1n) is 5.28. The SMILES string of the molecule is CC(=O)NCCN(c1cccc(Cl)c1)S(C)(=O)=O. The van der Waals surface area contributed by atoms with Crippen LogP contribution in [0.1, 0.15) is 6.92 Å². The van der Waals surface area contributed by atoms with Crippen LogP contribution in [0.2, 0.25) is 5.02 Å². The van der Waals surface area contributed by atoms with Crippen molar-refractivity contribution in [3.05, 3.63) is 29.3 Å². The van der Waals surface area contributed by atoms with Gasteiger partial charge in [-0.05, 0) is 18.2 Å². The van der Waals surface area contributed by atoms with Gasteiger partial charge >= 0.3 is 0 Å². The molecule has 0 atom stereocenters. The maximum Gasteiger partial charge on any atom is 0.232 e.